The van der Waals surface area contributed by atoms with Gasteiger partial charge in [0.2, 0.25) is 0 Å². The summed E-state index contributed by atoms with van der Waals surface area (Å²) in [5.41, 5.74) is 1.25. The maximum atomic E-state index is 11.6. The van der Waals surface area contributed by atoms with Crippen LogP contribution in [0.2, 0.25) is 0 Å². The van der Waals surface area contributed by atoms with Gasteiger partial charge in [-0.2, -0.15) is 0 Å². The summed E-state index contributed by atoms with van der Waals surface area (Å²) in [6, 6.07) is 7.78. The number of benzene rings is 1. The molecule has 0 radical (unpaired) electrons. The molecule has 1 aromatic carbocycles. The highest BCUT2D eigenvalue weighted by molar-refractivity contribution is 5.74. The first-order valence-electron chi connectivity index (χ1n) is 6.59. The molecular formula is C15H22O3. The molecular weight excluding hydrogens is 228 g/mol. The maximum Gasteiger partial charge on any atom is 0.347 e. The third-order valence-corrected chi connectivity index (χ3v) is 2.72. The summed E-state index contributed by atoms with van der Waals surface area (Å²) < 4.78 is 10.6. The van der Waals surface area contributed by atoms with E-state index in [4.69, 9.17) is 9.47 Å². The number of hydrogen-bond acceptors (Lipinski definition) is 3. The van der Waals surface area contributed by atoms with Gasteiger partial charge in [0.1, 0.15) is 5.75 Å². The fraction of sp³-hybridized carbons (Fsp3) is 0.533. The molecule has 0 saturated carbocycles. The van der Waals surface area contributed by atoms with Gasteiger partial charge in [-0.3, -0.25) is 0 Å². The van der Waals surface area contributed by atoms with Crippen LogP contribution < -0.4 is 4.74 Å². The van der Waals surface area contributed by atoms with Crippen LogP contribution in [0.3, 0.4) is 0 Å². The van der Waals surface area contributed by atoms with Crippen molar-refractivity contribution in [1.29, 1.82) is 0 Å². The molecule has 1 atom stereocenters. The number of hydrogen-bond donors (Lipinski definition) is 0. The molecule has 0 aliphatic carbocycles. The van der Waals surface area contributed by atoms with Crippen molar-refractivity contribution in [3.05, 3.63) is 29.8 Å². The van der Waals surface area contributed by atoms with Gasteiger partial charge in [0, 0.05) is 0 Å². The Morgan fingerprint density at radius 3 is 2.44 bits per heavy atom. The zero-order valence-corrected chi connectivity index (χ0v) is 11.4. The molecule has 18 heavy (non-hydrogen) atoms. The topological polar surface area (TPSA) is 35.5 Å². The average molecular weight is 250 g/mol. The molecule has 0 fully saturated rings. The molecule has 0 aromatic heterocycles. The van der Waals surface area contributed by atoms with Crippen LogP contribution in [0.5, 0.6) is 5.75 Å². The number of rotatable bonds is 7. The maximum absolute atomic E-state index is 11.6. The quantitative estimate of drug-likeness (QED) is 0.550. The molecule has 1 rings (SSSR count). The van der Waals surface area contributed by atoms with E-state index < -0.39 is 6.10 Å². The standard InChI is InChI=1S/C15H22O3/c1-4-6-11-17-15(16)12(3)18-14-9-7-13(5-2)8-10-14/h7-10,12H,4-6,11H2,1-3H3. The summed E-state index contributed by atoms with van der Waals surface area (Å²) >= 11 is 0. The van der Waals surface area contributed by atoms with Crippen LogP contribution >= 0.6 is 0 Å². The van der Waals surface area contributed by atoms with Gasteiger partial charge in [-0.05, 0) is 37.5 Å². The second kappa shape index (κ2) is 7.75. The third kappa shape index (κ3) is 4.78. The Kier molecular flexibility index (Phi) is 6.26. The van der Waals surface area contributed by atoms with Crippen molar-refractivity contribution in [2.24, 2.45) is 0 Å². The predicted octanol–water partition coefficient (Wildman–Crippen LogP) is 3.36. The van der Waals surface area contributed by atoms with Crippen LogP contribution in [0, 0.1) is 0 Å². The molecule has 1 aromatic rings. The molecule has 0 amide bonds. The number of ether oxygens (including phenoxy) is 2. The summed E-state index contributed by atoms with van der Waals surface area (Å²) in [7, 11) is 0. The van der Waals surface area contributed by atoms with E-state index in [1.807, 2.05) is 24.3 Å². The minimum atomic E-state index is -0.561. The smallest absolute Gasteiger partial charge is 0.347 e. The van der Waals surface area contributed by atoms with Crippen molar-refractivity contribution in [3.63, 3.8) is 0 Å². The first-order valence-corrected chi connectivity index (χ1v) is 6.59. The van der Waals surface area contributed by atoms with Crippen molar-refractivity contribution >= 4 is 5.97 Å². The molecule has 100 valence electrons. The molecule has 0 aliphatic heterocycles. The normalized spacial score (nSPS) is 11.9. The second-order valence-electron chi connectivity index (χ2n) is 4.28. The van der Waals surface area contributed by atoms with Gasteiger partial charge in [0.25, 0.3) is 0 Å². The van der Waals surface area contributed by atoms with Gasteiger partial charge >= 0.3 is 5.97 Å². The minimum absolute atomic E-state index is 0.303. The Labute approximate surface area is 109 Å². The highest BCUT2D eigenvalue weighted by atomic mass is 16.6. The van der Waals surface area contributed by atoms with E-state index in [-0.39, 0.29) is 5.97 Å². The monoisotopic (exact) mass is 250 g/mol. The molecule has 0 bridgehead atoms. The molecule has 0 heterocycles. The van der Waals surface area contributed by atoms with Crippen LogP contribution in [0.4, 0.5) is 0 Å². The van der Waals surface area contributed by atoms with Crippen molar-refractivity contribution in [2.75, 3.05) is 6.61 Å². The molecule has 0 N–H and O–H groups in total. The zero-order chi connectivity index (χ0) is 13.4. The molecule has 3 heteroatoms. The highest BCUT2D eigenvalue weighted by Gasteiger charge is 2.15. The first kappa shape index (κ1) is 14.6. The van der Waals surface area contributed by atoms with Crippen molar-refractivity contribution in [1.82, 2.24) is 0 Å². The van der Waals surface area contributed by atoms with Gasteiger partial charge in [-0.1, -0.05) is 32.4 Å². The van der Waals surface area contributed by atoms with Crippen LogP contribution in [-0.4, -0.2) is 18.7 Å². The van der Waals surface area contributed by atoms with E-state index >= 15 is 0 Å². The van der Waals surface area contributed by atoms with E-state index in [1.165, 1.54) is 5.56 Å². The van der Waals surface area contributed by atoms with Crippen LogP contribution in [-0.2, 0) is 16.0 Å². The number of unbranched alkanes of at least 4 members (excludes halogenated alkanes) is 1. The van der Waals surface area contributed by atoms with E-state index in [0.717, 1.165) is 19.3 Å². The Morgan fingerprint density at radius 1 is 1.22 bits per heavy atom. The van der Waals surface area contributed by atoms with Crippen molar-refractivity contribution in [2.45, 2.75) is 46.1 Å². The Morgan fingerprint density at radius 2 is 1.89 bits per heavy atom. The van der Waals surface area contributed by atoms with E-state index in [1.54, 1.807) is 6.92 Å². The lowest BCUT2D eigenvalue weighted by Gasteiger charge is -2.14. The SMILES string of the molecule is CCCCOC(=O)C(C)Oc1ccc(CC)cc1. The van der Waals surface area contributed by atoms with Gasteiger partial charge in [-0.25, -0.2) is 4.79 Å². The molecule has 3 nitrogen and oxygen atoms in total. The van der Waals surface area contributed by atoms with E-state index in [9.17, 15) is 4.79 Å². The van der Waals surface area contributed by atoms with Gasteiger partial charge in [-0.15, -0.1) is 0 Å². The lowest BCUT2D eigenvalue weighted by Crippen LogP contribution is -2.26. The average Bonchev–Trinajstić information content (AvgIpc) is 2.39. The van der Waals surface area contributed by atoms with Crippen LogP contribution in [0.1, 0.15) is 39.2 Å². The summed E-state index contributed by atoms with van der Waals surface area (Å²) in [5.74, 6) is 0.398. The predicted molar refractivity (Wildman–Crippen MR) is 71.8 cm³/mol. The highest BCUT2D eigenvalue weighted by Crippen LogP contribution is 2.14. The zero-order valence-electron chi connectivity index (χ0n) is 11.4. The number of carbonyl (C=O) groups excluding carboxylic acids is 1. The first-order chi connectivity index (χ1) is 8.67. The van der Waals surface area contributed by atoms with Gasteiger partial charge < -0.3 is 9.47 Å². The summed E-state index contributed by atoms with van der Waals surface area (Å²) in [5, 5.41) is 0. The lowest BCUT2D eigenvalue weighted by atomic mass is 10.2. The number of esters is 1. The molecule has 0 saturated heterocycles. The molecule has 1 unspecified atom stereocenters. The summed E-state index contributed by atoms with van der Waals surface area (Å²) in [6.45, 7) is 6.34. The second-order valence-corrected chi connectivity index (χ2v) is 4.28. The Bertz CT molecular complexity index is 357. The van der Waals surface area contributed by atoms with Crippen molar-refractivity contribution in [3.8, 4) is 5.75 Å². The number of aryl methyl sites for hydroxylation is 1. The fourth-order valence-electron chi connectivity index (χ4n) is 1.49. The minimum Gasteiger partial charge on any atom is -0.479 e. The van der Waals surface area contributed by atoms with Crippen LogP contribution in [0.15, 0.2) is 24.3 Å². The lowest BCUT2D eigenvalue weighted by molar-refractivity contribution is -0.151. The van der Waals surface area contributed by atoms with E-state index in [0.29, 0.717) is 12.4 Å². The molecule has 0 aliphatic rings. The van der Waals surface area contributed by atoms with E-state index in [2.05, 4.69) is 13.8 Å². The largest absolute Gasteiger partial charge is 0.479 e. The number of carbonyl (C=O) groups is 1. The summed E-state index contributed by atoms with van der Waals surface area (Å²) in [4.78, 5) is 11.6. The van der Waals surface area contributed by atoms with Crippen LogP contribution in [0.25, 0.3) is 0 Å². The molecule has 0 spiro atoms. The fourth-order valence-corrected chi connectivity index (χ4v) is 1.49. The van der Waals surface area contributed by atoms with Gasteiger partial charge in [0.05, 0.1) is 6.61 Å². The third-order valence-electron chi connectivity index (χ3n) is 2.72. The summed E-state index contributed by atoms with van der Waals surface area (Å²) in [6.07, 6.45) is 2.34. The van der Waals surface area contributed by atoms with Gasteiger partial charge in [0.15, 0.2) is 6.10 Å². The Balaban J connectivity index is 2.42. The van der Waals surface area contributed by atoms with Crippen molar-refractivity contribution < 1.29 is 14.3 Å². The Hall–Kier alpha value is -1.51.